The van der Waals surface area contributed by atoms with Crippen molar-refractivity contribution in [2.45, 2.75) is 19.9 Å². The van der Waals surface area contributed by atoms with Crippen LogP contribution in [-0.4, -0.2) is 26.2 Å². The molecule has 112 valence electrons. The molecule has 2 N–H and O–H groups in total. The number of amides is 1. The first-order valence-corrected chi connectivity index (χ1v) is 6.41. The Kier molecular flexibility index (Phi) is 6.08. The van der Waals surface area contributed by atoms with Gasteiger partial charge < -0.3 is 20.1 Å². The second-order valence-corrected chi connectivity index (χ2v) is 4.51. The second kappa shape index (κ2) is 7.80. The molecule has 0 spiro atoms. The molecule has 0 saturated heterocycles. The van der Waals surface area contributed by atoms with E-state index < -0.39 is 5.91 Å². The molecule has 1 rings (SSSR count). The minimum atomic E-state index is -0.429. The lowest BCUT2D eigenvalue weighted by Crippen LogP contribution is -2.31. The number of hydrogen-bond donors (Lipinski definition) is 2. The zero-order chi connectivity index (χ0) is 15.8. The van der Waals surface area contributed by atoms with Crippen LogP contribution < -0.4 is 20.1 Å². The van der Waals surface area contributed by atoms with E-state index in [0.29, 0.717) is 17.2 Å². The normalized spacial score (nSPS) is 10.8. The topological polar surface area (TPSA) is 83.4 Å². The summed E-state index contributed by atoms with van der Waals surface area (Å²) in [7, 11) is 3.09. The number of hydrogen-bond acceptors (Lipinski definition) is 5. The Morgan fingerprint density at radius 3 is 2.57 bits per heavy atom. The Labute approximate surface area is 124 Å². The average Bonchev–Trinajstić information content (AvgIpc) is 2.46. The number of nitriles is 1. The van der Waals surface area contributed by atoms with E-state index in [9.17, 15) is 4.79 Å². The van der Waals surface area contributed by atoms with Crippen LogP contribution in [0, 0.1) is 11.3 Å². The number of methoxy groups -OCH3 is 2. The predicted molar refractivity (Wildman–Crippen MR) is 80.1 cm³/mol. The summed E-state index contributed by atoms with van der Waals surface area (Å²) >= 11 is 0. The van der Waals surface area contributed by atoms with E-state index in [0.717, 1.165) is 0 Å². The van der Waals surface area contributed by atoms with Gasteiger partial charge in [-0.2, -0.15) is 5.26 Å². The molecular formula is C15H19N3O3. The molecule has 6 heteroatoms. The van der Waals surface area contributed by atoms with Crippen molar-refractivity contribution >= 4 is 11.6 Å². The van der Waals surface area contributed by atoms with Crippen molar-refractivity contribution in [3.8, 4) is 17.6 Å². The molecule has 6 nitrogen and oxygen atoms in total. The molecule has 0 unspecified atom stereocenters. The van der Waals surface area contributed by atoms with Crippen LogP contribution in [0.1, 0.15) is 13.8 Å². The highest BCUT2D eigenvalue weighted by Gasteiger charge is 2.10. The minimum Gasteiger partial charge on any atom is -0.497 e. The summed E-state index contributed by atoms with van der Waals surface area (Å²) < 4.78 is 10.3. The summed E-state index contributed by atoms with van der Waals surface area (Å²) in [6.45, 7) is 3.65. The molecule has 21 heavy (non-hydrogen) atoms. The first kappa shape index (κ1) is 16.4. The average molecular weight is 289 g/mol. The minimum absolute atomic E-state index is 0.0198. The van der Waals surface area contributed by atoms with Crippen LogP contribution in [-0.2, 0) is 4.79 Å². The molecule has 0 aromatic heterocycles. The van der Waals surface area contributed by atoms with Gasteiger partial charge in [0.05, 0.1) is 19.9 Å². The van der Waals surface area contributed by atoms with Crippen LogP contribution in [0.15, 0.2) is 30.0 Å². The van der Waals surface area contributed by atoms with E-state index in [-0.39, 0.29) is 11.6 Å². The third-order valence-electron chi connectivity index (χ3n) is 2.56. The number of carbonyl (C=O) groups is 1. The first-order chi connectivity index (χ1) is 10.0. The summed E-state index contributed by atoms with van der Waals surface area (Å²) in [5.41, 5.74) is 0.579. The Bertz CT molecular complexity index is 574. The van der Waals surface area contributed by atoms with Gasteiger partial charge in [0.1, 0.15) is 23.1 Å². The first-order valence-electron chi connectivity index (χ1n) is 6.41. The van der Waals surface area contributed by atoms with Gasteiger partial charge in [0, 0.05) is 18.3 Å². The molecule has 0 radical (unpaired) electrons. The van der Waals surface area contributed by atoms with Crippen LogP contribution in [0.4, 0.5) is 5.69 Å². The lowest BCUT2D eigenvalue weighted by molar-refractivity contribution is -0.117. The maximum Gasteiger partial charge on any atom is 0.263 e. The van der Waals surface area contributed by atoms with Gasteiger partial charge in [-0.25, -0.2) is 0 Å². The van der Waals surface area contributed by atoms with Gasteiger partial charge >= 0.3 is 0 Å². The van der Waals surface area contributed by atoms with Gasteiger partial charge in [-0.1, -0.05) is 0 Å². The SMILES string of the molecule is COc1ccc(OC)c(N/C=C(/C#N)C(=O)NC(C)C)c1. The summed E-state index contributed by atoms with van der Waals surface area (Å²) in [6.07, 6.45) is 1.34. The fourth-order valence-corrected chi connectivity index (χ4v) is 1.57. The van der Waals surface area contributed by atoms with Crippen LogP contribution in [0.3, 0.4) is 0 Å². The quantitative estimate of drug-likeness (QED) is 0.618. The number of rotatable bonds is 6. The number of nitrogens with zero attached hydrogens (tertiary/aromatic N) is 1. The molecule has 0 aliphatic heterocycles. The molecular weight excluding hydrogens is 270 g/mol. The highest BCUT2D eigenvalue weighted by atomic mass is 16.5. The smallest absolute Gasteiger partial charge is 0.263 e. The van der Waals surface area contributed by atoms with Gasteiger partial charge in [-0.15, -0.1) is 0 Å². The lowest BCUT2D eigenvalue weighted by atomic mass is 10.2. The van der Waals surface area contributed by atoms with Gasteiger partial charge in [-0.3, -0.25) is 4.79 Å². The van der Waals surface area contributed by atoms with Crippen molar-refractivity contribution < 1.29 is 14.3 Å². The standard InChI is InChI=1S/C15H19N3O3/c1-10(2)18-15(19)11(8-16)9-17-13-7-12(20-3)5-6-14(13)21-4/h5-7,9-10,17H,1-4H3,(H,18,19)/b11-9-. The summed E-state index contributed by atoms with van der Waals surface area (Å²) in [5, 5.41) is 14.6. The summed E-state index contributed by atoms with van der Waals surface area (Å²) in [5.74, 6) is 0.785. The Balaban J connectivity index is 2.96. The fraction of sp³-hybridized carbons (Fsp3) is 0.333. The Morgan fingerprint density at radius 2 is 2.05 bits per heavy atom. The van der Waals surface area contributed by atoms with E-state index in [1.54, 1.807) is 25.3 Å². The number of benzene rings is 1. The highest BCUT2D eigenvalue weighted by molar-refractivity contribution is 5.97. The van der Waals surface area contributed by atoms with Gasteiger partial charge in [-0.05, 0) is 26.0 Å². The molecule has 0 aliphatic carbocycles. The van der Waals surface area contributed by atoms with Crippen LogP contribution >= 0.6 is 0 Å². The van der Waals surface area contributed by atoms with Crippen molar-refractivity contribution in [1.29, 1.82) is 5.26 Å². The van der Waals surface area contributed by atoms with Crippen molar-refractivity contribution in [1.82, 2.24) is 5.32 Å². The number of ether oxygens (including phenoxy) is 2. The Hall–Kier alpha value is -2.68. The zero-order valence-electron chi connectivity index (χ0n) is 12.6. The number of nitrogens with one attached hydrogen (secondary N) is 2. The van der Waals surface area contributed by atoms with Crippen molar-refractivity contribution in [3.05, 3.63) is 30.0 Å². The summed E-state index contributed by atoms with van der Waals surface area (Å²) in [6, 6.07) is 7.02. The van der Waals surface area contributed by atoms with Crippen molar-refractivity contribution in [2.75, 3.05) is 19.5 Å². The molecule has 1 amide bonds. The molecule has 1 aromatic carbocycles. The Morgan fingerprint density at radius 1 is 1.33 bits per heavy atom. The van der Waals surface area contributed by atoms with Crippen LogP contribution in [0.5, 0.6) is 11.5 Å². The molecule has 0 fully saturated rings. The monoisotopic (exact) mass is 289 g/mol. The van der Waals surface area contributed by atoms with Gasteiger partial charge in [0.15, 0.2) is 0 Å². The molecule has 0 saturated carbocycles. The predicted octanol–water partition coefficient (Wildman–Crippen LogP) is 2.05. The van der Waals surface area contributed by atoms with E-state index in [1.165, 1.54) is 13.3 Å². The molecule has 0 aliphatic rings. The van der Waals surface area contributed by atoms with E-state index in [1.807, 2.05) is 19.9 Å². The zero-order valence-corrected chi connectivity index (χ0v) is 12.6. The summed E-state index contributed by atoms with van der Waals surface area (Å²) in [4.78, 5) is 11.8. The molecule has 0 atom stereocenters. The van der Waals surface area contributed by atoms with Gasteiger partial charge in [0.25, 0.3) is 5.91 Å². The van der Waals surface area contributed by atoms with Crippen LogP contribution in [0.2, 0.25) is 0 Å². The van der Waals surface area contributed by atoms with Crippen LogP contribution in [0.25, 0.3) is 0 Å². The molecule has 1 aromatic rings. The van der Waals surface area contributed by atoms with E-state index in [4.69, 9.17) is 14.7 Å². The van der Waals surface area contributed by atoms with E-state index >= 15 is 0 Å². The third kappa shape index (κ3) is 4.73. The number of carbonyl (C=O) groups excluding carboxylic acids is 1. The maximum atomic E-state index is 11.8. The van der Waals surface area contributed by atoms with Crippen molar-refractivity contribution in [2.24, 2.45) is 0 Å². The maximum absolute atomic E-state index is 11.8. The molecule has 0 heterocycles. The fourth-order valence-electron chi connectivity index (χ4n) is 1.57. The lowest BCUT2D eigenvalue weighted by Gasteiger charge is -2.11. The third-order valence-corrected chi connectivity index (χ3v) is 2.56. The molecule has 0 bridgehead atoms. The highest BCUT2D eigenvalue weighted by Crippen LogP contribution is 2.28. The second-order valence-electron chi connectivity index (χ2n) is 4.51. The number of anilines is 1. The van der Waals surface area contributed by atoms with E-state index in [2.05, 4.69) is 10.6 Å². The largest absolute Gasteiger partial charge is 0.497 e. The van der Waals surface area contributed by atoms with Gasteiger partial charge in [0.2, 0.25) is 0 Å². The van der Waals surface area contributed by atoms with Crippen molar-refractivity contribution in [3.63, 3.8) is 0 Å².